The lowest BCUT2D eigenvalue weighted by molar-refractivity contribution is 0.244. The van der Waals surface area contributed by atoms with E-state index < -0.39 is 0 Å². The predicted octanol–water partition coefficient (Wildman–Crippen LogP) is 3.73. The number of nitrogens with zero attached hydrogens (tertiary/aromatic N) is 1. The molecule has 2 amide bonds. The van der Waals surface area contributed by atoms with Crippen LogP contribution in [0, 0.1) is 0 Å². The van der Waals surface area contributed by atoms with Crippen molar-refractivity contribution in [3.8, 4) is 0 Å². The Kier molecular flexibility index (Phi) is 7.03. The Morgan fingerprint density at radius 1 is 1.35 bits per heavy atom. The van der Waals surface area contributed by atoms with E-state index in [4.69, 9.17) is 5.11 Å². The first-order valence-electron chi connectivity index (χ1n) is 7.90. The van der Waals surface area contributed by atoms with Gasteiger partial charge >= 0.3 is 6.03 Å². The third-order valence-corrected chi connectivity index (χ3v) is 4.24. The molecule has 0 spiro atoms. The number of aromatic nitrogens is 1. The SMILES string of the molecule is CCCc1csc(NC(=O)NC(CCCO)c2ccccc2)n1. The zero-order valence-corrected chi connectivity index (χ0v) is 14.1. The molecule has 3 N–H and O–H groups in total. The lowest BCUT2D eigenvalue weighted by Crippen LogP contribution is -2.32. The monoisotopic (exact) mass is 333 g/mol. The van der Waals surface area contributed by atoms with Crippen LogP contribution in [0.4, 0.5) is 9.93 Å². The Labute approximate surface area is 140 Å². The molecule has 0 radical (unpaired) electrons. The van der Waals surface area contributed by atoms with E-state index in [1.54, 1.807) is 0 Å². The Hall–Kier alpha value is -1.92. The van der Waals surface area contributed by atoms with Crippen LogP contribution >= 0.6 is 11.3 Å². The van der Waals surface area contributed by atoms with E-state index >= 15 is 0 Å². The van der Waals surface area contributed by atoms with Crippen molar-refractivity contribution in [2.24, 2.45) is 0 Å². The molecule has 23 heavy (non-hydrogen) atoms. The zero-order valence-electron chi connectivity index (χ0n) is 13.3. The summed E-state index contributed by atoms with van der Waals surface area (Å²) < 4.78 is 0. The molecule has 1 aromatic carbocycles. The lowest BCUT2D eigenvalue weighted by atomic mass is 10.0. The van der Waals surface area contributed by atoms with Gasteiger partial charge in [-0.15, -0.1) is 11.3 Å². The summed E-state index contributed by atoms with van der Waals surface area (Å²) in [6.07, 6.45) is 3.28. The number of carbonyl (C=O) groups is 1. The van der Waals surface area contributed by atoms with E-state index in [2.05, 4.69) is 22.5 Å². The highest BCUT2D eigenvalue weighted by Gasteiger charge is 2.15. The number of aliphatic hydroxyl groups excluding tert-OH is 1. The smallest absolute Gasteiger partial charge is 0.321 e. The largest absolute Gasteiger partial charge is 0.396 e. The van der Waals surface area contributed by atoms with Crippen LogP contribution in [0.3, 0.4) is 0 Å². The van der Waals surface area contributed by atoms with Gasteiger partial charge in [0.05, 0.1) is 11.7 Å². The first kappa shape index (κ1) is 17.4. The third kappa shape index (κ3) is 5.65. The van der Waals surface area contributed by atoms with E-state index in [9.17, 15) is 4.79 Å². The third-order valence-electron chi connectivity index (χ3n) is 3.44. The number of thiazole rings is 1. The predicted molar refractivity (Wildman–Crippen MR) is 93.8 cm³/mol. The van der Waals surface area contributed by atoms with Crippen molar-refractivity contribution in [1.29, 1.82) is 0 Å². The van der Waals surface area contributed by atoms with Gasteiger partial charge in [-0.25, -0.2) is 9.78 Å². The molecule has 5 nitrogen and oxygen atoms in total. The van der Waals surface area contributed by atoms with Gasteiger partial charge in [0.15, 0.2) is 5.13 Å². The van der Waals surface area contributed by atoms with Crippen molar-refractivity contribution in [2.45, 2.75) is 38.6 Å². The van der Waals surface area contributed by atoms with Gasteiger partial charge in [-0.2, -0.15) is 0 Å². The lowest BCUT2D eigenvalue weighted by Gasteiger charge is -2.18. The number of urea groups is 1. The molecule has 1 unspecified atom stereocenters. The van der Waals surface area contributed by atoms with Crippen LogP contribution in [0.25, 0.3) is 0 Å². The highest BCUT2D eigenvalue weighted by atomic mass is 32.1. The highest BCUT2D eigenvalue weighted by molar-refractivity contribution is 7.13. The quantitative estimate of drug-likeness (QED) is 0.689. The van der Waals surface area contributed by atoms with Crippen LogP contribution in [0.1, 0.15) is 43.5 Å². The summed E-state index contributed by atoms with van der Waals surface area (Å²) in [6, 6.07) is 9.39. The average Bonchev–Trinajstić information content (AvgIpc) is 2.99. The zero-order chi connectivity index (χ0) is 16.5. The molecule has 1 atom stereocenters. The van der Waals surface area contributed by atoms with Gasteiger partial charge in [0, 0.05) is 12.0 Å². The first-order valence-corrected chi connectivity index (χ1v) is 8.78. The molecular weight excluding hydrogens is 310 g/mol. The second-order valence-electron chi connectivity index (χ2n) is 5.32. The standard InChI is InChI=1S/C17H23N3O2S/c1-2-7-14-12-23-17(18-14)20-16(22)19-15(10-6-11-21)13-8-4-3-5-9-13/h3-5,8-9,12,15,21H,2,6-7,10-11H2,1H3,(H2,18,19,20,22). The molecule has 0 saturated carbocycles. The van der Waals surface area contributed by atoms with Crippen LogP contribution in [0.2, 0.25) is 0 Å². The number of amides is 2. The minimum atomic E-state index is -0.269. The van der Waals surface area contributed by atoms with E-state index in [1.165, 1.54) is 11.3 Å². The summed E-state index contributed by atoms with van der Waals surface area (Å²) in [6.45, 7) is 2.21. The summed E-state index contributed by atoms with van der Waals surface area (Å²) in [7, 11) is 0. The van der Waals surface area contributed by atoms with Gasteiger partial charge in [-0.1, -0.05) is 43.7 Å². The number of carbonyl (C=O) groups excluding carboxylic acids is 1. The molecule has 124 valence electrons. The molecule has 2 rings (SSSR count). The molecule has 1 heterocycles. The Morgan fingerprint density at radius 3 is 2.83 bits per heavy atom. The number of nitrogens with one attached hydrogen (secondary N) is 2. The molecule has 0 fully saturated rings. The maximum Gasteiger partial charge on any atom is 0.321 e. The van der Waals surface area contributed by atoms with Crippen LogP contribution in [0.15, 0.2) is 35.7 Å². The second kappa shape index (κ2) is 9.27. The van der Waals surface area contributed by atoms with Crippen LogP contribution in [0.5, 0.6) is 0 Å². The molecule has 0 aliphatic heterocycles. The topological polar surface area (TPSA) is 74.2 Å². The van der Waals surface area contributed by atoms with E-state index in [1.807, 2.05) is 35.7 Å². The summed E-state index contributed by atoms with van der Waals surface area (Å²) in [5.41, 5.74) is 2.04. The number of hydrogen-bond donors (Lipinski definition) is 3. The fourth-order valence-corrected chi connectivity index (χ4v) is 3.07. The number of benzene rings is 1. The molecule has 1 aromatic heterocycles. The van der Waals surface area contributed by atoms with Crippen molar-refractivity contribution in [3.63, 3.8) is 0 Å². The van der Waals surface area contributed by atoms with Crippen molar-refractivity contribution in [1.82, 2.24) is 10.3 Å². The molecule has 6 heteroatoms. The van der Waals surface area contributed by atoms with Gasteiger partial charge in [0.2, 0.25) is 0 Å². The van der Waals surface area contributed by atoms with Gasteiger partial charge in [0.25, 0.3) is 0 Å². The minimum Gasteiger partial charge on any atom is -0.396 e. The Balaban J connectivity index is 1.96. The first-order chi connectivity index (χ1) is 11.2. The Bertz CT molecular complexity index is 601. The van der Waals surface area contributed by atoms with Crippen molar-refractivity contribution >= 4 is 22.5 Å². The summed E-state index contributed by atoms with van der Waals surface area (Å²) >= 11 is 1.44. The number of aryl methyl sites for hydroxylation is 1. The molecular formula is C17H23N3O2S. The highest BCUT2D eigenvalue weighted by Crippen LogP contribution is 2.20. The van der Waals surface area contributed by atoms with E-state index in [-0.39, 0.29) is 18.7 Å². The van der Waals surface area contributed by atoms with E-state index in [0.29, 0.717) is 18.0 Å². The fourth-order valence-electron chi connectivity index (χ4n) is 2.33. The van der Waals surface area contributed by atoms with Crippen molar-refractivity contribution in [3.05, 3.63) is 47.0 Å². The second-order valence-corrected chi connectivity index (χ2v) is 6.18. The summed E-state index contributed by atoms with van der Waals surface area (Å²) in [5.74, 6) is 0. The summed E-state index contributed by atoms with van der Waals surface area (Å²) in [4.78, 5) is 16.6. The maximum absolute atomic E-state index is 12.2. The number of anilines is 1. The van der Waals surface area contributed by atoms with Gasteiger partial charge in [-0.05, 0) is 24.8 Å². The van der Waals surface area contributed by atoms with E-state index in [0.717, 1.165) is 24.1 Å². The van der Waals surface area contributed by atoms with Gasteiger partial charge in [0.1, 0.15) is 0 Å². The van der Waals surface area contributed by atoms with Gasteiger partial charge < -0.3 is 10.4 Å². The molecule has 0 aliphatic rings. The van der Waals surface area contributed by atoms with Crippen molar-refractivity contribution < 1.29 is 9.90 Å². The molecule has 0 aliphatic carbocycles. The average molecular weight is 333 g/mol. The maximum atomic E-state index is 12.2. The number of aliphatic hydroxyl groups is 1. The molecule has 0 saturated heterocycles. The molecule has 0 bridgehead atoms. The summed E-state index contributed by atoms with van der Waals surface area (Å²) in [5, 5.41) is 17.4. The number of rotatable bonds is 8. The normalized spacial score (nSPS) is 11.9. The van der Waals surface area contributed by atoms with Crippen LogP contribution < -0.4 is 10.6 Å². The fraction of sp³-hybridized carbons (Fsp3) is 0.412. The van der Waals surface area contributed by atoms with Crippen molar-refractivity contribution in [2.75, 3.05) is 11.9 Å². The Morgan fingerprint density at radius 2 is 2.13 bits per heavy atom. The van der Waals surface area contributed by atoms with Crippen LogP contribution in [-0.4, -0.2) is 22.7 Å². The molecule has 2 aromatic rings. The number of hydrogen-bond acceptors (Lipinski definition) is 4. The van der Waals surface area contributed by atoms with Gasteiger partial charge in [-0.3, -0.25) is 5.32 Å². The minimum absolute atomic E-state index is 0.111. The van der Waals surface area contributed by atoms with Crippen LogP contribution in [-0.2, 0) is 6.42 Å².